The molecule has 1 heterocycles. The Hall–Kier alpha value is -2.76. The van der Waals surface area contributed by atoms with Crippen LogP contribution in [-0.4, -0.2) is 34.1 Å². The van der Waals surface area contributed by atoms with E-state index in [9.17, 15) is 9.59 Å². The third-order valence-corrected chi connectivity index (χ3v) is 2.81. The zero-order valence-electron chi connectivity index (χ0n) is 11.0. The Morgan fingerprint density at radius 2 is 1.85 bits per heavy atom. The number of hydrogen-bond donors (Lipinski definition) is 1. The molecule has 0 saturated heterocycles. The van der Waals surface area contributed by atoms with Crippen LogP contribution < -0.4 is 0 Å². The van der Waals surface area contributed by atoms with Gasteiger partial charge in [0.25, 0.3) is 0 Å². The minimum atomic E-state index is -1.18. The first-order valence-corrected chi connectivity index (χ1v) is 5.77. The fourth-order valence-corrected chi connectivity index (χ4v) is 1.76. The molecular formula is C14H12N2O4. The van der Waals surface area contributed by atoms with Crippen LogP contribution in [-0.2, 0) is 4.74 Å². The van der Waals surface area contributed by atoms with Crippen LogP contribution in [0.4, 0.5) is 0 Å². The molecule has 0 aliphatic heterocycles. The van der Waals surface area contributed by atoms with Crippen molar-refractivity contribution in [2.24, 2.45) is 0 Å². The number of hydrogen-bond acceptors (Lipinski definition) is 5. The van der Waals surface area contributed by atoms with Crippen LogP contribution in [0.15, 0.2) is 30.6 Å². The maximum atomic E-state index is 11.5. The van der Waals surface area contributed by atoms with Gasteiger partial charge in [0.1, 0.15) is 0 Å². The summed E-state index contributed by atoms with van der Waals surface area (Å²) >= 11 is 0. The molecule has 1 aromatic heterocycles. The summed E-state index contributed by atoms with van der Waals surface area (Å²) in [6, 6.07) is 5.12. The predicted molar refractivity (Wildman–Crippen MR) is 70.5 cm³/mol. The first kappa shape index (κ1) is 13.7. The zero-order valence-corrected chi connectivity index (χ0v) is 11.0. The number of rotatable bonds is 3. The molecule has 0 fully saturated rings. The van der Waals surface area contributed by atoms with E-state index in [-0.39, 0.29) is 5.82 Å². The van der Waals surface area contributed by atoms with Crippen molar-refractivity contribution < 1.29 is 19.4 Å². The number of carboxylic acid groups (broad SMARTS) is 1. The molecule has 0 aliphatic carbocycles. The summed E-state index contributed by atoms with van der Waals surface area (Å²) in [4.78, 5) is 29.8. The standard InChI is InChI=1S/C14H12N2O4/c1-8-3-4-9(14(19)20-2)5-11(8)10-6-15-12(13(17)18)16-7-10/h3-7H,1-2H3,(H,17,18). The van der Waals surface area contributed by atoms with Crippen LogP contribution in [0.5, 0.6) is 0 Å². The van der Waals surface area contributed by atoms with E-state index in [1.807, 2.05) is 6.92 Å². The molecule has 6 heteroatoms. The maximum absolute atomic E-state index is 11.5. The Kier molecular flexibility index (Phi) is 3.74. The van der Waals surface area contributed by atoms with Crippen LogP contribution in [0.1, 0.15) is 26.5 Å². The molecule has 0 atom stereocenters. The molecular weight excluding hydrogens is 260 g/mol. The Bertz CT molecular complexity index is 665. The third kappa shape index (κ3) is 2.64. The van der Waals surface area contributed by atoms with Gasteiger partial charge in [-0.3, -0.25) is 0 Å². The van der Waals surface area contributed by atoms with Gasteiger partial charge in [-0.2, -0.15) is 0 Å². The number of nitrogens with zero attached hydrogens (tertiary/aromatic N) is 2. The van der Waals surface area contributed by atoms with Crippen molar-refractivity contribution in [2.45, 2.75) is 6.92 Å². The van der Waals surface area contributed by atoms with E-state index in [0.29, 0.717) is 11.1 Å². The van der Waals surface area contributed by atoms with Crippen molar-refractivity contribution in [1.29, 1.82) is 0 Å². The molecule has 0 unspecified atom stereocenters. The molecule has 0 spiro atoms. The van der Waals surface area contributed by atoms with E-state index in [1.54, 1.807) is 18.2 Å². The van der Waals surface area contributed by atoms with Gasteiger partial charge < -0.3 is 9.84 Å². The molecule has 20 heavy (non-hydrogen) atoms. The second-order valence-electron chi connectivity index (χ2n) is 4.12. The number of methoxy groups -OCH3 is 1. The van der Waals surface area contributed by atoms with Crippen LogP contribution in [0.25, 0.3) is 11.1 Å². The van der Waals surface area contributed by atoms with Crippen molar-refractivity contribution in [3.05, 3.63) is 47.5 Å². The normalized spacial score (nSPS) is 10.1. The van der Waals surface area contributed by atoms with Crippen molar-refractivity contribution >= 4 is 11.9 Å². The fraction of sp³-hybridized carbons (Fsp3) is 0.143. The van der Waals surface area contributed by atoms with Gasteiger partial charge in [-0.15, -0.1) is 0 Å². The summed E-state index contributed by atoms with van der Waals surface area (Å²) in [6.07, 6.45) is 2.83. The smallest absolute Gasteiger partial charge is 0.373 e. The van der Waals surface area contributed by atoms with Gasteiger partial charge in [-0.05, 0) is 30.2 Å². The third-order valence-electron chi connectivity index (χ3n) is 2.81. The first-order chi connectivity index (χ1) is 9.52. The monoisotopic (exact) mass is 272 g/mol. The number of aromatic nitrogens is 2. The highest BCUT2D eigenvalue weighted by molar-refractivity contribution is 5.91. The van der Waals surface area contributed by atoms with Gasteiger partial charge in [0, 0.05) is 18.0 Å². The van der Waals surface area contributed by atoms with Gasteiger partial charge >= 0.3 is 11.9 Å². The highest BCUT2D eigenvalue weighted by atomic mass is 16.5. The van der Waals surface area contributed by atoms with Crippen molar-refractivity contribution in [3.8, 4) is 11.1 Å². The summed E-state index contributed by atoms with van der Waals surface area (Å²) in [5.41, 5.74) is 2.72. The molecule has 102 valence electrons. The second-order valence-corrected chi connectivity index (χ2v) is 4.12. The van der Waals surface area contributed by atoms with Crippen LogP contribution in [0.3, 0.4) is 0 Å². The summed E-state index contributed by atoms with van der Waals surface area (Å²) in [6.45, 7) is 1.88. The predicted octanol–water partition coefficient (Wildman–Crippen LogP) is 1.94. The Morgan fingerprint density at radius 1 is 1.20 bits per heavy atom. The quantitative estimate of drug-likeness (QED) is 0.859. The summed E-state index contributed by atoms with van der Waals surface area (Å²) < 4.78 is 4.67. The number of carbonyl (C=O) groups excluding carboxylic acids is 1. The minimum absolute atomic E-state index is 0.268. The fourth-order valence-electron chi connectivity index (χ4n) is 1.76. The van der Waals surface area contributed by atoms with Crippen molar-refractivity contribution in [3.63, 3.8) is 0 Å². The molecule has 1 N–H and O–H groups in total. The highest BCUT2D eigenvalue weighted by Crippen LogP contribution is 2.23. The van der Waals surface area contributed by atoms with Crippen LogP contribution in [0.2, 0.25) is 0 Å². The van der Waals surface area contributed by atoms with Crippen molar-refractivity contribution in [2.75, 3.05) is 7.11 Å². The largest absolute Gasteiger partial charge is 0.475 e. The molecule has 0 radical (unpaired) electrons. The van der Waals surface area contributed by atoms with E-state index in [2.05, 4.69) is 14.7 Å². The molecule has 2 rings (SSSR count). The van der Waals surface area contributed by atoms with Gasteiger partial charge in [-0.25, -0.2) is 19.6 Å². The maximum Gasteiger partial charge on any atom is 0.373 e. The Balaban J connectivity index is 2.45. The first-order valence-electron chi connectivity index (χ1n) is 5.77. The second kappa shape index (κ2) is 5.48. The number of ether oxygens (including phenoxy) is 1. The van der Waals surface area contributed by atoms with E-state index in [4.69, 9.17) is 5.11 Å². The van der Waals surface area contributed by atoms with Crippen LogP contribution in [0, 0.1) is 6.92 Å². The minimum Gasteiger partial charge on any atom is -0.475 e. The van der Waals surface area contributed by atoms with Gasteiger partial charge in [0.05, 0.1) is 12.7 Å². The Labute approximate surface area is 115 Å². The molecule has 1 aromatic carbocycles. The summed E-state index contributed by atoms with van der Waals surface area (Å²) in [7, 11) is 1.31. The number of aromatic carboxylic acids is 1. The van der Waals surface area contributed by atoms with Gasteiger partial charge in [-0.1, -0.05) is 6.07 Å². The van der Waals surface area contributed by atoms with Crippen LogP contribution >= 0.6 is 0 Å². The van der Waals surface area contributed by atoms with E-state index in [1.165, 1.54) is 19.5 Å². The summed E-state index contributed by atoms with van der Waals surface area (Å²) in [5, 5.41) is 8.76. The molecule has 0 saturated carbocycles. The lowest BCUT2D eigenvalue weighted by molar-refractivity contribution is 0.0599. The van der Waals surface area contributed by atoms with Crippen molar-refractivity contribution in [1.82, 2.24) is 9.97 Å². The highest BCUT2D eigenvalue weighted by Gasteiger charge is 2.11. The number of benzene rings is 1. The molecule has 0 aliphatic rings. The zero-order chi connectivity index (χ0) is 14.7. The molecule has 2 aromatic rings. The van der Waals surface area contributed by atoms with E-state index >= 15 is 0 Å². The molecule has 0 amide bonds. The average molecular weight is 272 g/mol. The lowest BCUT2D eigenvalue weighted by Crippen LogP contribution is -2.04. The number of carbonyl (C=O) groups is 2. The molecule has 6 nitrogen and oxygen atoms in total. The molecule has 0 bridgehead atoms. The number of aryl methyl sites for hydroxylation is 1. The van der Waals surface area contributed by atoms with Gasteiger partial charge in [0.2, 0.25) is 5.82 Å². The van der Waals surface area contributed by atoms with Gasteiger partial charge in [0.15, 0.2) is 0 Å². The lowest BCUT2D eigenvalue weighted by Gasteiger charge is -2.08. The Morgan fingerprint density at radius 3 is 2.40 bits per heavy atom. The topological polar surface area (TPSA) is 89.4 Å². The number of esters is 1. The number of carboxylic acids is 1. The SMILES string of the molecule is COC(=O)c1ccc(C)c(-c2cnc(C(=O)O)nc2)c1. The average Bonchev–Trinajstić information content (AvgIpc) is 2.47. The van der Waals surface area contributed by atoms with E-state index < -0.39 is 11.9 Å². The summed E-state index contributed by atoms with van der Waals surface area (Å²) in [5.74, 6) is -1.89. The lowest BCUT2D eigenvalue weighted by atomic mass is 10.0. The van der Waals surface area contributed by atoms with E-state index in [0.717, 1.165) is 11.1 Å².